The van der Waals surface area contributed by atoms with E-state index in [-0.39, 0.29) is 22.4 Å². The number of halogens is 3. The molecule has 0 aliphatic rings. The Morgan fingerprint density at radius 1 is 0.923 bits per heavy atom. The maximum atomic E-state index is 13.2. The average molecular weight is 374 g/mol. The molecule has 0 spiro atoms. The number of Topliss-reactive ketones (excluding diaryl/α,β-unsaturated/α-hetero) is 1. The number of benzene rings is 2. The molecule has 132 valence electrons. The van der Waals surface area contributed by atoms with Gasteiger partial charge in [0.05, 0.1) is 11.4 Å². The Hall–Kier alpha value is -2.67. The molecule has 1 aromatic heterocycles. The molecule has 0 saturated heterocycles. The molecule has 0 bridgehead atoms. The molecule has 3 rings (SSSR count). The molecule has 1 heterocycles. The lowest BCUT2D eigenvalue weighted by Crippen LogP contribution is -2.11. The zero-order valence-electron chi connectivity index (χ0n) is 13.4. The van der Waals surface area contributed by atoms with E-state index in [2.05, 4.69) is 9.97 Å². The van der Waals surface area contributed by atoms with E-state index < -0.39 is 11.9 Å². The quantitative estimate of drug-likeness (QED) is 0.352. The van der Waals surface area contributed by atoms with E-state index in [0.717, 1.165) is 17.8 Å². The lowest BCUT2D eigenvalue weighted by molar-refractivity contribution is -0.141. The largest absolute Gasteiger partial charge is 0.433 e. The minimum absolute atomic E-state index is 0.0421. The van der Waals surface area contributed by atoms with Crippen LogP contribution in [0.3, 0.4) is 0 Å². The summed E-state index contributed by atoms with van der Waals surface area (Å²) in [7, 11) is 0. The number of aromatic nitrogens is 2. The van der Waals surface area contributed by atoms with E-state index in [0.29, 0.717) is 11.1 Å². The maximum absolute atomic E-state index is 13.2. The van der Waals surface area contributed by atoms with Gasteiger partial charge in [-0.25, -0.2) is 9.97 Å². The highest BCUT2D eigenvalue weighted by atomic mass is 32.2. The van der Waals surface area contributed by atoms with Crippen LogP contribution >= 0.6 is 11.8 Å². The molecule has 26 heavy (non-hydrogen) atoms. The van der Waals surface area contributed by atoms with E-state index >= 15 is 0 Å². The van der Waals surface area contributed by atoms with Crippen LogP contribution in [0.4, 0.5) is 13.2 Å². The van der Waals surface area contributed by atoms with Crippen LogP contribution in [0.1, 0.15) is 16.1 Å². The summed E-state index contributed by atoms with van der Waals surface area (Å²) in [6, 6.07) is 18.0. The summed E-state index contributed by atoms with van der Waals surface area (Å²) < 4.78 is 39.5. The standard InChI is InChI=1S/C19H13F3N2OS/c20-19(21,22)17-11-15(13-7-3-1-4-8-13)23-18(24-17)26-12-16(25)14-9-5-2-6-10-14/h1-11H,12H2. The molecule has 0 amide bonds. The number of carbonyl (C=O) groups excluding carboxylic acids is 1. The minimum atomic E-state index is -4.59. The first kappa shape index (κ1) is 18.1. The fourth-order valence-electron chi connectivity index (χ4n) is 2.23. The van der Waals surface area contributed by atoms with Crippen molar-refractivity contribution in [3.8, 4) is 11.3 Å². The van der Waals surface area contributed by atoms with Crippen LogP contribution in [0.5, 0.6) is 0 Å². The van der Waals surface area contributed by atoms with E-state index in [9.17, 15) is 18.0 Å². The third kappa shape index (κ3) is 4.49. The summed E-state index contributed by atoms with van der Waals surface area (Å²) in [5.41, 5.74) is 0.190. The normalized spacial score (nSPS) is 11.3. The lowest BCUT2D eigenvalue weighted by Gasteiger charge is -2.10. The van der Waals surface area contributed by atoms with Crippen molar-refractivity contribution in [3.63, 3.8) is 0 Å². The summed E-state index contributed by atoms with van der Waals surface area (Å²) in [6.45, 7) is 0. The van der Waals surface area contributed by atoms with Gasteiger partial charge in [0.2, 0.25) is 0 Å². The van der Waals surface area contributed by atoms with E-state index in [1.54, 1.807) is 60.7 Å². The summed E-state index contributed by atoms with van der Waals surface area (Å²) in [5, 5.41) is -0.0806. The van der Waals surface area contributed by atoms with Gasteiger partial charge in [0.15, 0.2) is 10.9 Å². The van der Waals surface area contributed by atoms with E-state index in [4.69, 9.17) is 0 Å². The molecular weight excluding hydrogens is 361 g/mol. The van der Waals surface area contributed by atoms with Gasteiger partial charge in [0.25, 0.3) is 0 Å². The Labute approximate surface area is 152 Å². The molecule has 3 nitrogen and oxygen atoms in total. The highest BCUT2D eigenvalue weighted by Crippen LogP contribution is 2.32. The zero-order valence-corrected chi connectivity index (χ0v) is 14.2. The second kappa shape index (κ2) is 7.70. The number of hydrogen-bond donors (Lipinski definition) is 0. The van der Waals surface area contributed by atoms with Crippen LogP contribution in [0.25, 0.3) is 11.3 Å². The first-order valence-corrected chi connectivity index (χ1v) is 8.65. The van der Waals surface area contributed by atoms with Gasteiger partial charge >= 0.3 is 6.18 Å². The number of rotatable bonds is 5. The Balaban J connectivity index is 1.87. The third-order valence-corrected chi connectivity index (χ3v) is 4.34. The van der Waals surface area contributed by atoms with Crippen LogP contribution in [-0.2, 0) is 6.18 Å². The fraction of sp³-hybridized carbons (Fsp3) is 0.105. The third-order valence-electron chi connectivity index (χ3n) is 3.49. The molecule has 0 aliphatic carbocycles. The van der Waals surface area contributed by atoms with Crippen molar-refractivity contribution < 1.29 is 18.0 Å². The van der Waals surface area contributed by atoms with Gasteiger partial charge in [-0.3, -0.25) is 4.79 Å². The highest BCUT2D eigenvalue weighted by Gasteiger charge is 2.34. The van der Waals surface area contributed by atoms with Crippen LogP contribution in [-0.4, -0.2) is 21.5 Å². The van der Waals surface area contributed by atoms with Crippen molar-refractivity contribution >= 4 is 17.5 Å². The number of nitrogens with zero attached hydrogens (tertiary/aromatic N) is 2. The van der Waals surface area contributed by atoms with Gasteiger partial charge in [-0.2, -0.15) is 13.2 Å². The second-order valence-electron chi connectivity index (χ2n) is 5.36. The van der Waals surface area contributed by atoms with Crippen molar-refractivity contribution in [2.45, 2.75) is 11.3 Å². The number of alkyl halides is 3. The van der Waals surface area contributed by atoms with Gasteiger partial charge < -0.3 is 0 Å². The van der Waals surface area contributed by atoms with Crippen LogP contribution in [0.15, 0.2) is 71.9 Å². The smallest absolute Gasteiger partial charge is 0.293 e. The van der Waals surface area contributed by atoms with Crippen LogP contribution < -0.4 is 0 Å². The molecule has 0 radical (unpaired) electrons. The monoisotopic (exact) mass is 374 g/mol. The zero-order chi connectivity index (χ0) is 18.6. The molecule has 0 unspecified atom stereocenters. The van der Waals surface area contributed by atoms with Crippen LogP contribution in [0, 0.1) is 0 Å². The summed E-state index contributed by atoms with van der Waals surface area (Å²) in [4.78, 5) is 19.9. The molecule has 3 aromatic rings. The second-order valence-corrected chi connectivity index (χ2v) is 6.31. The molecule has 0 atom stereocenters. The molecule has 2 aromatic carbocycles. The molecule has 0 saturated carbocycles. The van der Waals surface area contributed by atoms with Gasteiger partial charge in [-0.05, 0) is 6.07 Å². The SMILES string of the molecule is O=C(CSc1nc(-c2ccccc2)cc(C(F)(F)F)n1)c1ccccc1. The van der Waals surface area contributed by atoms with Gasteiger partial charge in [0, 0.05) is 11.1 Å². The topological polar surface area (TPSA) is 42.9 Å². The number of thioether (sulfide) groups is 1. The van der Waals surface area contributed by atoms with Gasteiger partial charge in [-0.15, -0.1) is 0 Å². The van der Waals surface area contributed by atoms with Crippen molar-refractivity contribution in [3.05, 3.63) is 78.0 Å². The Bertz CT molecular complexity index is 900. The minimum Gasteiger partial charge on any atom is -0.293 e. The number of ketones is 1. The Morgan fingerprint density at radius 3 is 2.15 bits per heavy atom. The molecular formula is C19H13F3N2OS. The molecule has 0 fully saturated rings. The summed E-state index contributed by atoms with van der Waals surface area (Å²) >= 11 is 0.891. The van der Waals surface area contributed by atoms with Crippen molar-refractivity contribution in [1.29, 1.82) is 0 Å². The first-order valence-electron chi connectivity index (χ1n) is 7.66. The summed E-state index contributed by atoms with van der Waals surface area (Å²) in [6.07, 6.45) is -4.59. The molecule has 0 N–H and O–H groups in total. The fourth-order valence-corrected chi connectivity index (χ4v) is 2.98. The lowest BCUT2D eigenvalue weighted by atomic mass is 10.1. The number of carbonyl (C=O) groups is 1. The Kier molecular flexibility index (Phi) is 5.37. The van der Waals surface area contributed by atoms with Crippen molar-refractivity contribution in [2.75, 3.05) is 5.75 Å². The summed E-state index contributed by atoms with van der Waals surface area (Å²) in [5.74, 6) is -0.239. The van der Waals surface area contributed by atoms with Gasteiger partial charge in [-0.1, -0.05) is 72.4 Å². The first-order chi connectivity index (χ1) is 12.4. The highest BCUT2D eigenvalue weighted by molar-refractivity contribution is 7.99. The maximum Gasteiger partial charge on any atom is 0.433 e. The number of hydrogen-bond acceptors (Lipinski definition) is 4. The Morgan fingerprint density at radius 2 is 1.54 bits per heavy atom. The van der Waals surface area contributed by atoms with Crippen LogP contribution in [0.2, 0.25) is 0 Å². The van der Waals surface area contributed by atoms with E-state index in [1.807, 2.05) is 0 Å². The van der Waals surface area contributed by atoms with Crippen molar-refractivity contribution in [2.24, 2.45) is 0 Å². The van der Waals surface area contributed by atoms with Gasteiger partial charge in [0.1, 0.15) is 5.69 Å². The average Bonchev–Trinajstić information content (AvgIpc) is 2.66. The molecule has 0 aliphatic heterocycles. The van der Waals surface area contributed by atoms with E-state index in [1.165, 1.54) is 0 Å². The van der Waals surface area contributed by atoms with Crippen molar-refractivity contribution in [1.82, 2.24) is 9.97 Å². The predicted molar refractivity (Wildman–Crippen MR) is 94.0 cm³/mol. The predicted octanol–water partition coefficient (Wildman–Crippen LogP) is 5.14. The molecule has 7 heteroatoms.